The van der Waals surface area contributed by atoms with Crippen LogP contribution in [0.1, 0.15) is 156 Å². The topological polar surface area (TPSA) is 112 Å². The van der Waals surface area contributed by atoms with Crippen LogP contribution in [0.25, 0.3) is 0 Å². The second-order valence-corrected chi connectivity index (χ2v) is 12.9. The first-order chi connectivity index (χ1) is 20.7. The van der Waals surface area contributed by atoms with Crippen molar-refractivity contribution in [1.29, 1.82) is 0 Å². The number of hydrogen-bond donors (Lipinski definition) is 3. The van der Waals surface area contributed by atoms with Crippen LogP contribution in [0.2, 0.25) is 0 Å². The van der Waals surface area contributed by atoms with Crippen molar-refractivity contribution in [3.05, 3.63) is 12.2 Å². The van der Waals surface area contributed by atoms with Crippen LogP contribution in [0.3, 0.4) is 0 Å². The number of unbranched alkanes of at least 4 members (excludes halogenated alkanes) is 15. The zero-order valence-corrected chi connectivity index (χ0v) is 28.4. The first kappa shape index (κ1) is 41.1. The Morgan fingerprint density at radius 1 is 0.488 bits per heavy atom. The van der Waals surface area contributed by atoms with Crippen molar-refractivity contribution in [1.82, 2.24) is 0 Å². The lowest BCUT2D eigenvalue weighted by molar-refractivity contribution is -0.935. The number of carboxylic acids is 3. The maximum Gasteiger partial charge on any atom is 0.312 e. The summed E-state index contributed by atoms with van der Waals surface area (Å²) in [6.07, 6.45) is 27.1. The minimum Gasteiger partial charge on any atom is -0.481 e. The Balaban J connectivity index is 4.66. The van der Waals surface area contributed by atoms with Gasteiger partial charge in [-0.25, -0.2) is 0 Å². The Bertz CT molecular complexity index is 692. The van der Waals surface area contributed by atoms with Gasteiger partial charge in [0.25, 0.3) is 0 Å². The van der Waals surface area contributed by atoms with Gasteiger partial charge in [0.1, 0.15) is 17.8 Å². The van der Waals surface area contributed by atoms with Crippen LogP contribution in [0.15, 0.2) is 12.2 Å². The lowest BCUT2D eigenvalue weighted by Crippen LogP contribution is -2.58. The summed E-state index contributed by atoms with van der Waals surface area (Å²) >= 11 is 0. The van der Waals surface area contributed by atoms with E-state index in [-0.39, 0.29) is 24.1 Å². The molecule has 0 amide bonds. The van der Waals surface area contributed by atoms with E-state index in [9.17, 15) is 29.7 Å². The van der Waals surface area contributed by atoms with E-state index in [1.54, 1.807) is 0 Å². The lowest BCUT2D eigenvalue weighted by atomic mass is 9.95. The van der Waals surface area contributed by atoms with Crippen LogP contribution in [0.4, 0.5) is 0 Å². The molecule has 0 aliphatic carbocycles. The van der Waals surface area contributed by atoms with Crippen LogP contribution in [-0.2, 0) is 14.4 Å². The summed E-state index contributed by atoms with van der Waals surface area (Å²) in [6, 6.07) is 0. The van der Waals surface area contributed by atoms with Gasteiger partial charge in [-0.05, 0) is 57.8 Å². The zero-order valence-electron chi connectivity index (χ0n) is 28.4. The first-order valence-electron chi connectivity index (χ1n) is 17.8. The fourth-order valence-electron chi connectivity index (χ4n) is 6.27. The maximum absolute atomic E-state index is 12.0. The van der Waals surface area contributed by atoms with E-state index in [1.165, 1.54) is 77.0 Å². The Morgan fingerprint density at radius 2 is 0.791 bits per heavy atom. The third-order valence-corrected chi connectivity index (χ3v) is 9.24. The molecule has 0 aromatic rings. The molecule has 0 saturated heterocycles. The highest BCUT2D eigenvalue weighted by atomic mass is 16.4. The summed E-state index contributed by atoms with van der Waals surface area (Å²) in [5.41, 5.74) is 0. The van der Waals surface area contributed by atoms with Crippen LogP contribution in [-0.4, -0.2) is 63.9 Å². The fourth-order valence-corrected chi connectivity index (χ4v) is 6.27. The highest BCUT2D eigenvalue weighted by Gasteiger charge is 2.40. The van der Waals surface area contributed by atoms with E-state index in [0.29, 0.717) is 25.8 Å². The number of hydrogen-bond acceptors (Lipinski definition) is 3. The van der Waals surface area contributed by atoms with Gasteiger partial charge in [0, 0.05) is 0 Å². The highest BCUT2D eigenvalue weighted by molar-refractivity contribution is 5.71. The molecule has 0 fully saturated rings. The number of quaternary nitrogens is 1. The van der Waals surface area contributed by atoms with Gasteiger partial charge in [-0.2, -0.15) is 0 Å². The molecule has 3 unspecified atom stereocenters. The molecule has 3 N–H and O–H groups in total. The average molecular weight is 611 g/mol. The van der Waals surface area contributed by atoms with Crippen LogP contribution in [0, 0.1) is 17.8 Å². The van der Waals surface area contributed by atoms with Gasteiger partial charge in [0.15, 0.2) is 0 Å². The molecule has 0 bridgehead atoms. The third kappa shape index (κ3) is 20.7. The second-order valence-electron chi connectivity index (χ2n) is 12.9. The van der Waals surface area contributed by atoms with E-state index in [4.69, 9.17) is 0 Å². The molecule has 7 heteroatoms. The zero-order chi connectivity index (χ0) is 32.3. The standard InChI is InChI=1S/C36H67NO6/c1-5-9-10-11-12-13-14-15-16-17-18-19-20-21-22-23-24-25-26-27-37(28-31(6-2)34(38)39,29-32(7-3)35(40)41)30-33(8-4)36(42)43/h17-18,31-33H,5-16,19-30H2,1-4H3,(H2-,38,39,40,41,42,43)/p+1/b18-17+. The molecule has 43 heavy (non-hydrogen) atoms. The van der Waals surface area contributed by atoms with Gasteiger partial charge in [-0.1, -0.05) is 110 Å². The van der Waals surface area contributed by atoms with Gasteiger partial charge in [-0.3, -0.25) is 14.4 Å². The summed E-state index contributed by atoms with van der Waals surface area (Å²) in [5.74, 6) is -4.52. The molecule has 0 aliphatic heterocycles. The Kier molecular flexibility index (Phi) is 25.3. The highest BCUT2D eigenvalue weighted by Crippen LogP contribution is 2.25. The van der Waals surface area contributed by atoms with E-state index in [0.717, 1.165) is 32.1 Å². The number of carbonyl (C=O) groups is 3. The van der Waals surface area contributed by atoms with Crippen molar-refractivity contribution < 1.29 is 34.2 Å². The summed E-state index contributed by atoms with van der Waals surface area (Å²) < 4.78 is 0.256. The van der Waals surface area contributed by atoms with Gasteiger partial charge in [0.2, 0.25) is 0 Å². The number of aliphatic carboxylic acids is 3. The lowest BCUT2D eigenvalue weighted by Gasteiger charge is -2.43. The summed E-state index contributed by atoms with van der Waals surface area (Å²) in [5, 5.41) is 29.5. The van der Waals surface area contributed by atoms with Crippen molar-refractivity contribution in [2.24, 2.45) is 17.8 Å². The summed E-state index contributed by atoms with van der Waals surface area (Å²) in [7, 11) is 0. The summed E-state index contributed by atoms with van der Waals surface area (Å²) in [6.45, 7) is 9.25. The SMILES string of the molecule is CCCCCCCCCC/C=C/CCCCCCCCC[N+](CC(CC)C(=O)O)(CC(CC)C(=O)O)CC(CC)C(=O)O. The molecule has 0 aliphatic rings. The second kappa shape index (κ2) is 26.5. The molecule has 0 spiro atoms. The van der Waals surface area contributed by atoms with Crippen molar-refractivity contribution >= 4 is 17.9 Å². The molecule has 0 rings (SSSR count). The molecule has 0 aromatic carbocycles. The predicted molar refractivity (Wildman–Crippen MR) is 177 cm³/mol. The van der Waals surface area contributed by atoms with Crippen molar-refractivity contribution in [3.63, 3.8) is 0 Å². The van der Waals surface area contributed by atoms with Crippen LogP contribution in [0.5, 0.6) is 0 Å². The van der Waals surface area contributed by atoms with E-state index >= 15 is 0 Å². The average Bonchev–Trinajstić information content (AvgIpc) is 2.98. The number of rotatable bonds is 31. The Hall–Kier alpha value is -1.89. The molecular weight excluding hydrogens is 542 g/mol. The number of carboxylic acid groups (broad SMARTS) is 3. The molecule has 0 aromatic heterocycles. The molecule has 252 valence electrons. The first-order valence-corrected chi connectivity index (χ1v) is 17.8. The smallest absolute Gasteiger partial charge is 0.312 e. The Labute approximate surface area is 264 Å². The van der Waals surface area contributed by atoms with E-state index in [1.807, 2.05) is 20.8 Å². The minimum atomic E-state index is -0.889. The van der Waals surface area contributed by atoms with Gasteiger partial charge in [0.05, 0.1) is 26.2 Å². The summed E-state index contributed by atoms with van der Waals surface area (Å²) in [4.78, 5) is 36.0. The largest absolute Gasteiger partial charge is 0.481 e. The maximum atomic E-state index is 12.0. The molecule has 0 radical (unpaired) electrons. The van der Waals surface area contributed by atoms with E-state index in [2.05, 4.69) is 19.1 Å². The minimum absolute atomic E-state index is 0.256. The Morgan fingerprint density at radius 3 is 1.09 bits per heavy atom. The van der Waals surface area contributed by atoms with E-state index < -0.39 is 35.7 Å². The van der Waals surface area contributed by atoms with Crippen LogP contribution < -0.4 is 0 Å². The molecule has 7 nitrogen and oxygen atoms in total. The molecule has 0 heterocycles. The quantitative estimate of drug-likeness (QED) is 0.0410. The van der Waals surface area contributed by atoms with Gasteiger partial charge >= 0.3 is 17.9 Å². The number of nitrogens with zero attached hydrogens (tertiary/aromatic N) is 1. The monoisotopic (exact) mass is 611 g/mol. The fraction of sp³-hybridized carbons (Fsp3) is 0.861. The normalized spacial score (nSPS) is 15.3. The molecule has 3 atom stereocenters. The van der Waals surface area contributed by atoms with Crippen molar-refractivity contribution in [3.8, 4) is 0 Å². The third-order valence-electron chi connectivity index (χ3n) is 9.24. The molecular formula is C36H68NO6+. The van der Waals surface area contributed by atoms with Crippen molar-refractivity contribution in [2.45, 2.75) is 156 Å². The number of allylic oxidation sites excluding steroid dienone is 2. The van der Waals surface area contributed by atoms with Gasteiger partial charge in [-0.15, -0.1) is 0 Å². The van der Waals surface area contributed by atoms with Crippen LogP contribution >= 0.6 is 0 Å². The van der Waals surface area contributed by atoms with Crippen molar-refractivity contribution in [2.75, 3.05) is 26.2 Å². The predicted octanol–water partition coefficient (Wildman–Crippen LogP) is 9.34. The molecule has 0 saturated carbocycles. The van der Waals surface area contributed by atoms with Gasteiger partial charge < -0.3 is 19.8 Å².